The monoisotopic (exact) mass is 382 g/mol. The van der Waals surface area contributed by atoms with Crippen molar-refractivity contribution in [3.8, 4) is 5.88 Å². The van der Waals surface area contributed by atoms with Crippen LogP contribution in [0.1, 0.15) is 45.4 Å². The molecule has 1 heterocycles. The lowest BCUT2D eigenvalue weighted by Crippen LogP contribution is -2.40. The van der Waals surface area contributed by atoms with Crippen LogP contribution in [0.2, 0.25) is 5.02 Å². The van der Waals surface area contributed by atoms with Gasteiger partial charge in [0.05, 0.1) is 6.54 Å². The Balaban J connectivity index is 1.84. The van der Waals surface area contributed by atoms with E-state index >= 15 is 0 Å². The van der Waals surface area contributed by atoms with Crippen molar-refractivity contribution >= 4 is 17.6 Å². The smallest absolute Gasteiger partial charge is 0.232 e. The van der Waals surface area contributed by atoms with Crippen molar-refractivity contribution in [2.75, 3.05) is 32.8 Å². The van der Waals surface area contributed by atoms with Gasteiger partial charge in [0, 0.05) is 25.9 Å². The Hall–Kier alpha value is -1.53. The lowest BCUT2D eigenvalue weighted by atomic mass is 9.72. The van der Waals surface area contributed by atoms with E-state index < -0.39 is 0 Å². The number of aliphatic hydroxyl groups is 1. The fourth-order valence-electron chi connectivity index (χ4n) is 3.41. The van der Waals surface area contributed by atoms with Crippen molar-refractivity contribution in [3.63, 3.8) is 0 Å². The van der Waals surface area contributed by atoms with Gasteiger partial charge in [-0.2, -0.15) is 0 Å². The molecule has 0 spiro atoms. The van der Waals surface area contributed by atoms with E-state index in [1.165, 1.54) is 19.3 Å². The summed E-state index contributed by atoms with van der Waals surface area (Å²) in [5.41, 5.74) is 0.146. The van der Waals surface area contributed by atoms with E-state index in [0.717, 1.165) is 38.3 Å². The van der Waals surface area contributed by atoms with Crippen LogP contribution in [0.15, 0.2) is 23.3 Å². The molecular weight excluding hydrogens is 352 g/mol. The second kappa shape index (κ2) is 11.2. The number of hydrogen-bond acceptors (Lipinski definition) is 4. The van der Waals surface area contributed by atoms with Gasteiger partial charge in [-0.25, -0.2) is 4.98 Å². The maximum Gasteiger partial charge on any atom is 0.232 e. The predicted octanol–water partition coefficient (Wildman–Crippen LogP) is 3.00. The Morgan fingerprint density at radius 2 is 2.15 bits per heavy atom. The molecule has 0 aliphatic heterocycles. The SMILES string of the molecule is CCNC(=NCC1(CCO)CCCCC1)NCCOc1ncccc1Cl. The van der Waals surface area contributed by atoms with E-state index in [2.05, 4.69) is 15.6 Å². The van der Waals surface area contributed by atoms with Gasteiger partial charge in [-0.3, -0.25) is 4.99 Å². The van der Waals surface area contributed by atoms with Gasteiger partial charge >= 0.3 is 0 Å². The van der Waals surface area contributed by atoms with E-state index in [0.29, 0.717) is 24.1 Å². The molecule has 6 nitrogen and oxygen atoms in total. The summed E-state index contributed by atoms with van der Waals surface area (Å²) < 4.78 is 5.60. The summed E-state index contributed by atoms with van der Waals surface area (Å²) in [6.07, 6.45) is 8.55. The van der Waals surface area contributed by atoms with Gasteiger partial charge in [-0.1, -0.05) is 30.9 Å². The molecule has 1 aromatic rings. The zero-order chi connectivity index (χ0) is 18.7. The molecule has 0 atom stereocenters. The average Bonchev–Trinajstić information content (AvgIpc) is 2.65. The number of rotatable bonds is 9. The first kappa shape index (κ1) is 20.8. The normalized spacial score (nSPS) is 17.0. The Morgan fingerprint density at radius 1 is 1.35 bits per heavy atom. The van der Waals surface area contributed by atoms with Crippen molar-refractivity contribution in [2.24, 2.45) is 10.4 Å². The molecule has 0 radical (unpaired) electrons. The number of halogens is 1. The van der Waals surface area contributed by atoms with Crippen LogP contribution in [0.3, 0.4) is 0 Å². The molecule has 0 bridgehead atoms. The van der Waals surface area contributed by atoms with Crippen molar-refractivity contribution in [3.05, 3.63) is 23.4 Å². The number of guanidine groups is 1. The van der Waals surface area contributed by atoms with Crippen LogP contribution in [-0.4, -0.2) is 48.9 Å². The molecule has 1 aliphatic rings. The second-order valence-corrected chi connectivity index (χ2v) is 7.20. The summed E-state index contributed by atoms with van der Waals surface area (Å²) in [6, 6.07) is 3.53. The highest BCUT2D eigenvalue weighted by atomic mass is 35.5. The minimum atomic E-state index is 0.146. The van der Waals surface area contributed by atoms with Gasteiger partial charge in [0.25, 0.3) is 0 Å². The number of hydrogen-bond donors (Lipinski definition) is 3. The fraction of sp³-hybridized carbons (Fsp3) is 0.684. The van der Waals surface area contributed by atoms with Crippen LogP contribution in [0.5, 0.6) is 5.88 Å². The Kier molecular flexibility index (Phi) is 8.98. The second-order valence-electron chi connectivity index (χ2n) is 6.80. The van der Waals surface area contributed by atoms with Gasteiger partial charge in [-0.05, 0) is 43.7 Å². The van der Waals surface area contributed by atoms with Gasteiger partial charge in [0.1, 0.15) is 11.6 Å². The van der Waals surface area contributed by atoms with Crippen LogP contribution in [0.25, 0.3) is 0 Å². The molecule has 0 amide bonds. The standard InChI is InChI=1S/C19H31ClN4O2/c1-2-21-18(23-12-14-26-17-16(20)7-6-11-22-17)24-15-19(10-13-25)8-4-3-5-9-19/h6-7,11,25H,2-5,8-10,12-15H2,1H3,(H2,21,23,24). The minimum Gasteiger partial charge on any atom is -0.475 e. The summed E-state index contributed by atoms with van der Waals surface area (Å²) in [6.45, 7) is 4.87. The summed E-state index contributed by atoms with van der Waals surface area (Å²) in [7, 11) is 0. The Morgan fingerprint density at radius 3 is 2.85 bits per heavy atom. The fourth-order valence-corrected chi connectivity index (χ4v) is 3.59. The van der Waals surface area contributed by atoms with E-state index in [4.69, 9.17) is 21.3 Å². The van der Waals surface area contributed by atoms with Crippen LogP contribution in [-0.2, 0) is 0 Å². The number of nitrogens with zero attached hydrogens (tertiary/aromatic N) is 2. The third kappa shape index (κ3) is 6.65. The maximum absolute atomic E-state index is 9.44. The molecular formula is C19H31ClN4O2. The van der Waals surface area contributed by atoms with E-state index in [1.54, 1.807) is 18.3 Å². The summed E-state index contributed by atoms with van der Waals surface area (Å²) >= 11 is 6.03. The summed E-state index contributed by atoms with van der Waals surface area (Å²) in [4.78, 5) is 8.88. The van der Waals surface area contributed by atoms with Crippen LogP contribution >= 0.6 is 11.6 Å². The molecule has 7 heteroatoms. The number of ether oxygens (including phenoxy) is 1. The molecule has 26 heavy (non-hydrogen) atoms. The largest absolute Gasteiger partial charge is 0.475 e. The van der Waals surface area contributed by atoms with Crippen molar-refractivity contribution in [1.82, 2.24) is 15.6 Å². The highest BCUT2D eigenvalue weighted by Crippen LogP contribution is 2.39. The van der Waals surface area contributed by atoms with E-state index in [-0.39, 0.29) is 12.0 Å². The summed E-state index contributed by atoms with van der Waals surface area (Å²) in [5, 5.41) is 16.5. The van der Waals surface area contributed by atoms with Gasteiger partial charge in [0.2, 0.25) is 5.88 Å². The van der Waals surface area contributed by atoms with Gasteiger partial charge in [-0.15, -0.1) is 0 Å². The van der Waals surface area contributed by atoms with Crippen molar-refractivity contribution < 1.29 is 9.84 Å². The third-order valence-electron chi connectivity index (χ3n) is 4.83. The molecule has 0 unspecified atom stereocenters. The minimum absolute atomic E-state index is 0.146. The molecule has 3 N–H and O–H groups in total. The molecule has 1 saturated carbocycles. The first-order valence-corrected chi connectivity index (χ1v) is 9.93. The third-order valence-corrected chi connectivity index (χ3v) is 5.12. The highest BCUT2D eigenvalue weighted by molar-refractivity contribution is 6.31. The summed E-state index contributed by atoms with van der Waals surface area (Å²) in [5.74, 6) is 1.23. The Bertz CT molecular complexity index is 557. The number of aliphatic hydroxyl groups excluding tert-OH is 1. The number of pyridine rings is 1. The van der Waals surface area contributed by atoms with Crippen LogP contribution in [0.4, 0.5) is 0 Å². The lowest BCUT2D eigenvalue weighted by molar-refractivity contribution is 0.137. The maximum atomic E-state index is 9.44. The first-order valence-electron chi connectivity index (χ1n) is 9.55. The van der Waals surface area contributed by atoms with Crippen LogP contribution < -0.4 is 15.4 Å². The molecule has 1 aliphatic carbocycles. The lowest BCUT2D eigenvalue weighted by Gasteiger charge is -2.35. The molecule has 146 valence electrons. The van der Waals surface area contributed by atoms with Crippen molar-refractivity contribution in [1.29, 1.82) is 0 Å². The van der Waals surface area contributed by atoms with Crippen molar-refractivity contribution in [2.45, 2.75) is 45.4 Å². The topological polar surface area (TPSA) is 78.8 Å². The molecule has 1 aromatic heterocycles. The zero-order valence-electron chi connectivity index (χ0n) is 15.6. The molecule has 2 rings (SSSR count). The predicted molar refractivity (Wildman–Crippen MR) is 106 cm³/mol. The van der Waals surface area contributed by atoms with Gasteiger partial charge in [0.15, 0.2) is 5.96 Å². The quantitative estimate of drug-likeness (QED) is 0.347. The van der Waals surface area contributed by atoms with Gasteiger partial charge < -0.3 is 20.5 Å². The highest BCUT2D eigenvalue weighted by Gasteiger charge is 2.31. The first-order chi connectivity index (χ1) is 12.7. The molecule has 0 aromatic carbocycles. The van der Waals surface area contributed by atoms with E-state index in [9.17, 15) is 5.11 Å². The molecule has 0 saturated heterocycles. The van der Waals surface area contributed by atoms with Crippen LogP contribution in [0, 0.1) is 5.41 Å². The molecule has 1 fully saturated rings. The zero-order valence-corrected chi connectivity index (χ0v) is 16.4. The number of aliphatic imine (C=N–C) groups is 1. The number of aromatic nitrogens is 1. The number of nitrogens with one attached hydrogen (secondary N) is 2. The average molecular weight is 383 g/mol. The Labute approximate surface area is 161 Å². The van der Waals surface area contributed by atoms with E-state index in [1.807, 2.05) is 6.92 Å².